The Morgan fingerprint density at radius 2 is 2.10 bits per heavy atom. The van der Waals surface area contributed by atoms with Gasteiger partial charge in [0, 0.05) is 32.2 Å². The van der Waals surface area contributed by atoms with E-state index in [0.29, 0.717) is 13.2 Å². The van der Waals surface area contributed by atoms with Gasteiger partial charge in [0.25, 0.3) is 0 Å². The van der Waals surface area contributed by atoms with E-state index in [1.165, 1.54) is 10.4 Å². The Hall–Kier alpha value is -0.380. The average molecular weight is 427 g/mol. The number of aliphatic imine (C=N–C) groups is 1. The minimum absolute atomic E-state index is 0. The van der Waals surface area contributed by atoms with E-state index in [9.17, 15) is 0 Å². The third-order valence-electron chi connectivity index (χ3n) is 2.80. The second kappa shape index (κ2) is 13.3. The van der Waals surface area contributed by atoms with Gasteiger partial charge >= 0.3 is 0 Å². The summed E-state index contributed by atoms with van der Waals surface area (Å²) in [6.07, 6.45) is 0.947. The normalized spacial score (nSPS) is 11.1. The number of hydrogen-bond donors (Lipinski definition) is 2. The summed E-state index contributed by atoms with van der Waals surface area (Å²) in [6, 6.07) is 2.13. The SMILES string of the molecule is CN=C(NCCCOCCOC)NCc1sccc1C.I. The predicted molar refractivity (Wildman–Crippen MR) is 100.0 cm³/mol. The molecule has 122 valence electrons. The lowest BCUT2D eigenvalue weighted by Crippen LogP contribution is -2.37. The van der Waals surface area contributed by atoms with Gasteiger partial charge in [0.2, 0.25) is 0 Å². The number of thiophene rings is 1. The summed E-state index contributed by atoms with van der Waals surface area (Å²) < 4.78 is 10.3. The lowest BCUT2D eigenvalue weighted by atomic mass is 10.3. The van der Waals surface area contributed by atoms with E-state index < -0.39 is 0 Å². The first kappa shape index (κ1) is 20.6. The van der Waals surface area contributed by atoms with Gasteiger partial charge in [-0.05, 0) is 30.4 Å². The van der Waals surface area contributed by atoms with Gasteiger partial charge in [-0.3, -0.25) is 4.99 Å². The molecule has 0 fully saturated rings. The van der Waals surface area contributed by atoms with E-state index in [1.54, 1.807) is 25.5 Å². The van der Waals surface area contributed by atoms with Gasteiger partial charge in [-0.1, -0.05) is 0 Å². The first-order chi connectivity index (χ1) is 9.77. The van der Waals surface area contributed by atoms with Crippen molar-refractivity contribution in [2.75, 3.05) is 40.5 Å². The zero-order valence-corrected chi connectivity index (χ0v) is 16.1. The summed E-state index contributed by atoms with van der Waals surface area (Å²) in [6.45, 7) is 5.82. The van der Waals surface area contributed by atoms with Crippen LogP contribution in [0, 0.1) is 6.92 Å². The van der Waals surface area contributed by atoms with Crippen LogP contribution in [0.2, 0.25) is 0 Å². The first-order valence-corrected chi connectivity index (χ1v) is 7.70. The largest absolute Gasteiger partial charge is 0.382 e. The molecule has 0 aliphatic rings. The van der Waals surface area contributed by atoms with E-state index in [1.807, 2.05) is 0 Å². The fourth-order valence-electron chi connectivity index (χ4n) is 1.60. The molecule has 1 heterocycles. The first-order valence-electron chi connectivity index (χ1n) is 6.82. The number of halogens is 1. The van der Waals surface area contributed by atoms with Crippen molar-refractivity contribution in [2.24, 2.45) is 4.99 Å². The highest BCUT2D eigenvalue weighted by atomic mass is 127. The summed E-state index contributed by atoms with van der Waals surface area (Å²) in [5.41, 5.74) is 1.32. The number of ether oxygens (including phenoxy) is 2. The maximum Gasteiger partial charge on any atom is 0.191 e. The fraction of sp³-hybridized carbons (Fsp3) is 0.643. The van der Waals surface area contributed by atoms with Crippen molar-refractivity contribution >= 4 is 41.3 Å². The average Bonchev–Trinajstić information content (AvgIpc) is 2.86. The zero-order chi connectivity index (χ0) is 14.6. The molecule has 0 saturated heterocycles. The summed E-state index contributed by atoms with van der Waals surface area (Å²) >= 11 is 1.76. The van der Waals surface area contributed by atoms with Gasteiger partial charge in [-0.2, -0.15) is 0 Å². The van der Waals surface area contributed by atoms with E-state index in [0.717, 1.165) is 32.1 Å². The molecule has 0 saturated carbocycles. The van der Waals surface area contributed by atoms with Crippen molar-refractivity contribution in [3.8, 4) is 0 Å². The van der Waals surface area contributed by atoms with Crippen LogP contribution in [0.3, 0.4) is 0 Å². The van der Waals surface area contributed by atoms with Crippen molar-refractivity contribution in [1.82, 2.24) is 10.6 Å². The van der Waals surface area contributed by atoms with Crippen LogP contribution in [-0.4, -0.2) is 46.5 Å². The van der Waals surface area contributed by atoms with Crippen molar-refractivity contribution in [3.05, 3.63) is 21.9 Å². The Balaban J connectivity index is 0.00000400. The van der Waals surface area contributed by atoms with E-state index in [4.69, 9.17) is 9.47 Å². The number of nitrogens with one attached hydrogen (secondary N) is 2. The van der Waals surface area contributed by atoms with Gasteiger partial charge in [0.05, 0.1) is 19.8 Å². The maximum absolute atomic E-state index is 5.40. The van der Waals surface area contributed by atoms with E-state index >= 15 is 0 Å². The van der Waals surface area contributed by atoms with Crippen LogP contribution in [0.15, 0.2) is 16.4 Å². The molecule has 0 amide bonds. The van der Waals surface area contributed by atoms with Gasteiger partial charge in [0.1, 0.15) is 0 Å². The van der Waals surface area contributed by atoms with Crippen molar-refractivity contribution in [2.45, 2.75) is 19.9 Å². The molecule has 0 atom stereocenters. The molecule has 7 heteroatoms. The van der Waals surface area contributed by atoms with Crippen molar-refractivity contribution in [1.29, 1.82) is 0 Å². The zero-order valence-electron chi connectivity index (χ0n) is 13.0. The third kappa shape index (κ3) is 9.28. The molecular formula is C14H26IN3O2S. The molecule has 5 nitrogen and oxygen atoms in total. The van der Waals surface area contributed by atoms with Gasteiger partial charge in [0.15, 0.2) is 5.96 Å². The van der Waals surface area contributed by atoms with Gasteiger partial charge in [-0.25, -0.2) is 0 Å². The van der Waals surface area contributed by atoms with Crippen molar-refractivity contribution in [3.63, 3.8) is 0 Å². The minimum atomic E-state index is 0. The molecule has 1 rings (SSSR count). The standard InChI is InChI=1S/C14H25N3O2S.HI/c1-12-5-10-20-13(12)11-17-14(15-2)16-6-4-7-19-9-8-18-3;/h5,10H,4,6-9,11H2,1-3H3,(H2,15,16,17);1H. The number of aryl methyl sites for hydroxylation is 1. The highest BCUT2D eigenvalue weighted by molar-refractivity contribution is 14.0. The molecule has 0 radical (unpaired) electrons. The van der Waals surface area contributed by atoms with Gasteiger partial charge < -0.3 is 20.1 Å². The Morgan fingerprint density at radius 3 is 2.71 bits per heavy atom. The summed E-state index contributed by atoms with van der Waals surface area (Å²) in [5.74, 6) is 0.828. The quantitative estimate of drug-likeness (QED) is 0.275. The maximum atomic E-state index is 5.40. The third-order valence-corrected chi connectivity index (χ3v) is 3.82. The Kier molecular flexibility index (Phi) is 13.1. The Labute approximate surface area is 148 Å². The smallest absolute Gasteiger partial charge is 0.191 e. The molecule has 0 aromatic carbocycles. The highest BCUT2D eigenvalue weighted by Gasteiger charge is 2.01. The summed E-state index contributed by atoms with van der Waals surface area (Å²) in [7, 11) is 3.46. The van der Waals surface area contributed by atoms with Gasteiger partial charge in [-0.15, -0.1) is 35.3 Å². The van der Waals surface area contributed by atoms with Crippen LogP contribution in [0.25, 0.3) is 0 Å². The lowest BCUT2D eigenvalue weighted by Gasteiger charge is -2.11. The fourth-order valence-corrected chi connectivity index (χ4v) is 2.44. The van der Waals surface area contributed by atoms with E-state index in [2.05, 4.69) is 34.0 Å². The molecule has 1 aromatic rings. The molecular weight excluding hydrogens is 401 g/mol. The van der Waals surface area contributed by atoms with Crippen LogP contribution in [0.4, 0.5) is 0 Å². The number of hydrogen-bond acceptors (Lipinski definition) is 4. The molecule has 0 bridgehead atoms. The number of nitrogens with zero attached hydrogens (tertiary/aromatic N) is 1. The second-order valence-corrected chi connectivity index (χ2v) is 5.34. The van der Waals surface area contributed by atoms with Crippen LogP contribution in [0.1, 0.15) is 16.9 Å². The molecule has 0 aliphatic carbocycles. The number of guanidine groups is 1. The monoisotopic (exact) mass is 427 g/mol. The van der Waals surface area contributed by atoms with Crippen LogP contribution < -0.4 is 10.6 Å². The molecule has 2 N–H and O–H groups in total. The van der Waals surface area contributed by atoms with E-state index in [-0.39, 0.29) is 24.0 Å². The lowest BCUT2D eigenvalue weighted by molar-refractivity contribution is 0.0698. The number of rotatable bonds is 9. The molecule has 1 aromatic heterocycles. The molecule has 0 spiro atoms. The van der Waals surface area contributed by atoms with Crippen LogP contribution >= 0.6 is 35.3 Å². The summed E-state index contributed by atoms with van der Waals surface area (Å²) in [5, 5.41) is 8.70. The van der Waals surface area contributed by atoms with Crippen molar-refractivity contribution < 1.29 is 9.47 Å². The Bertz CT molecular complexity index is 399. The number of methoxy groups -OCH3 is 1. The van der Waals surface area contributed by atoms with Crippen LogP contribution in [-0.2, 0) is 16.0 Å². The Morgan fingerprint density at radius 1 is 1.29 bits per heavy atom. The summed E-state index contributed by atoms with van der Waals surface area (Å²) in [4.78, 5) is 5.55. The topological polar surface area (TPSA) is 54.9 Å². The molecule has 0 unspecified atom stereocenters. The highest BCUT2D eigenvalue weighted by Crippen LogP contribution is 2.14. The molecule has 21 heavy (non-hydrogen) atoms. The molecule has 0 aliphatic heterocycles. The predicted octanol–water partition coefficient (Wildman–Crippen LogP) is 2.39. The second-order valence-electron chi connectivity index (χ2n) is 4.34. The minimum Gasteiger partial charge on any atom is -0.382 e. The van der Waals surface area contributed by atoms with Crippen LogP contribution in [0.5, 0.6) is 0 Å².